The zero-order valence-electron chi connectivity index (χ0n) is 9.36. The van der Waals surface area contributed by atoms with E-state index in [2.05, 4.69) is 42.9 Å². The molecule has 78 valence electrons. The van der Waals surface area contributed by atoms with Crippen LogP contribution in [0.2, 0.25) is 0 Å². The van der Waals surface area contributed by atoms with E-state index in [0.29, 0.717) is 6.04 Å². The van der Waals surface area contributed by atoms with Crippen molar-refractivity contribution in [3.63, 3.8) is 0 Å². The summed E-state index contributed by atoms with van der Waals surface area (Å²) >= 11 is 0. The zero-order chi connectivity index (χ0) is 10.3. The van der Waals surface area contributed by atoms with E-state index in [1.807, 2.05) is 10.9 Å². The van der Waals surface area contributed by atoms with Gasteiger partial charge in [-0.3, -0.25) is 4.90 Å². The van der Waals surface area contributed by atoms with Gasteiger partial charge in [0.1, 0.15) is 0 Å². The summed E-state index contributed by atoms with van der Waals surface area (Å²) in [5.74, 6) is 0. The Morgan fingerprint density at radius 1 is 1.43 bits per heavy atom. The molecular weight excluding hydrogens is 176 g/mol. The summed E-state index contributed by atoms with van der Waals surface area (Å²) in [4.78, 5) is 2.49. The number of hydrogen-bond acceptors (Lipinski definition) is 3. The van der Waals surface area contributed by atoms with Gasteiger partial charge in [-0.25, -0.2) is 4.68 Å². The maximum Gasteiger partial charge on any atom is 0.0738 e. The minimum Gasteiger partial charge on any atom is -0.288 e. The van der Waals surface area contributed by atoms with Crippen LogP contribution in [0, 0.1) is 0 Å². The summed E-state index contributed by atoms with van der Waals surface area (Å²) in [6.07, 6.45) is 1.87. The third-order valence-electron chi connectivity index (χ3n) is 2.86. The van der Waals surface area contributed by atoms with Gasteiger partial charge in [0.05, 0.1) is 18.4 Å². The molecule has 0 N–H and O–H groups in total. The fraction of sp³-hybridized carbons (Fsp3) is 0.800. The van der Waals surface area contributed by atoms with Crippen molar-refractivity contribution in [3.8, 4) is 0 Å². The molecule has 4 nitrogen and oxygen atoms in total. The lowest BCUT2D eigenvalue weighted by Gasteiger charge is -2.42. The van der Waals surface area contributed by atoms with Crippen molar-refractivity contribution in [2.24, 2.45) is 0 Å². The highest BCUT2D eigenvalue weighted by Gasteiger charge is 2.31. The van der Waals surface area contributed by atoms with Crippen molar-refractivity contribution in [2.75, 3.05) is 0 Å². The first-order chi connectivity index (χ1) is 6.48. The highest BCUT2D eigenvalue weighted by atomic mass is 15.5. The molecule has 0 spiro atoms. The lowest BCUT2D eigenvalue weighted by Crippen LogP contribution is -2.51. The first-order valence-electron chi connectivity index (χ1n) is 5.12. The maximum atomic E-state index is 4.06. The third-order valence-corrected chi connectivity index (χ3v) is 2.86. The normalized spacial score (nSPS) is 23.6. The van der Waals surface area contributed by atoms with Crippen molar-refractivity contribution in [1.82, 2.24) is 19.9 Å². The molecule has 1 aliphatic rings. The molecule has 0 bridgehead atoms. The van der Waals surface area contributed by atoms with Gasteiger partial charge in [0.25, 0.3) is 0 Å². The van der Waals surface area contributed by atoms with Crippen molar-refractivity contribution >= 4 is 0 Å². The Kier molecular flexibility index (Phi) is 2.10. The summed E-state index contributed by atoms with van der Waals surface area (Å²) in [6.45, 7) is 10.9. The SMILES string of the molecule is C[C@@H]1Cn2nncc2CN1C(C)(C)C. The van der Waals surface area contributed by atoms with E-state index < -0.39 is 0 Å². The van der Waals surface area contributed by atoms with Gasteiger partial charge in [-0.2, -0.15) is 0 Å². The van der Waals surface area contributed by atoms with Gasteiger partial charge in [0, 0.05) is 18.1 Å². The van der Waals surface area contributed by atoms with Crippen LogP contribution in [0.15, 0.2) is 6.20 Å². The summed E-state index contributed by atoms with van der Waals surface area (Å²) in [5.41, 5.74) is 1.44. The van der Waals surface area contributed by atoms with Crippen molar-refractivity contribution in [1.29, 1.82) is 0 Å². The molecule has 0 amide bonds. The Balaban J connectivity index is 2.26. The molecule has 14 heavy (non-hydrogen) atoms. The molecule has 0 aromatic carbocycles. The Morgan fingerprint density at radius 3 is 2.79 bits per heavy atom. The van der Waals surface area contributed by atoms with Crippen LogP contribution in [0.3, 0.4) is 0 Å². The van der Waals surface area contributed by atoms with Gasteiger partial charge in [-0.15, -0.1) is 5.10 Å². The minimum absolute atomic E-state index is 0.217. The van der Waals surface area contributed by atoms with Gasteiger partial charge >= 0.3 is 0 Å². The Bertz CT molecular complexity index is 323. The van der Waals surface area contributed by atoms with Crippen LogP contribution in [0.4, 0.5) is 0 Å². The third kappa shape index (κ3) is 1.54. The van der Waals surface area contributed by atoms with Crippen LogP contribution in [0.1, 0.15) is 33.4 Å². The predicted molar refractivity (Wildman–Crippen MR) is 54.8 cm³/mol. The highest BCUT2D eigenvalue weighted by Crippen LogP contribution is 2.24. The van der Waals surface area contributed by atoms with Crippen molar-refractivity contribution < 1.29 is 0 Å². The van der Waals surface area contributed by atoms with Crippen LogP contribution in [0.25, 0.3) is 0 Å². The summed E-state index contributed by atoms with van der Waals surface area (Å²) in [7, 11) is 0. The lowest BCUT2D eigenvalue weighted by atomic mass is 10.0. The second-order valence-electron chi connectivity index (χ2n) is 5.06. The Labute approximate surface area is 84.9 Å². The van der Waals surface area contributed by atoms with E-state index in [1.54, 1.807) is 0 Å². The molecule has 0 aliphatic carbocycles. The fourth-order valence-electron chi connectivity index (χ4n) is 2.13. The summed E-state index contributed by atoms with van der Waals surface area (Å²) in [5, 5.41) is 8.00. The number of nitrogens with zero attached hydrogens (tertiary/aromatic N) is 4. The number of aromatic nitrogens is 3. The molecule has 1 aliphatic heterocycles. The number of hydrogen-bond donors (Lipinski definition) is 0. The quantitative estimate of drug-likeness (QED) is 0.624. The Hall–Kier alpha value is -0.900. The average molecular weight is 194 g/mol. The minimum atomic E-state index is 0.217. The van der Waals surface area contributed by atoms with Gasteiger partial charge in [0.2, 0.25) is 0 Å². The zero-order valence-corrected chi connectivity index (χ0v) is 9.36. The average Bonchev–Trinajstić information content (AvgIpc) is 2.47. The molecule has 4 heteroatoms. The monoisotopic (exact) mass is 194 g/mol. The predicted octanol–water partition coefficient (Wildman–Crippen LogP) is 1.28. The molecule has 0 fully saturated rings. The van der Waals surface area contributed by atoms with Gasteiger partial charge in [-0.05, 0) is 27.7 Å². The topological polar surface area (TPSA) is 34.0 Å². The van der Waals surface area contributed by atoms with E-state index in [0.717, 1.165) is 13.1 Å². The van der Waals surface area contributed by atoms with E-state index >= 15 is 0 Å². The molecule has 0 saturated heterocycles. The number of fused-ring (bicyclic) bond motifs is 1. The first-order valence-corrected chi connectivity index (χ1v) is 5.12. The van der Waals surface area contributed by atoms with Crippen LogP contribution in [-0.2, 0) is 13.1 Å². The molecular formula is C10H18N4. The number of rotatable bonds is 0. The van der Waals surface area contributed by atoms with Gasteiger partial charge < -0.3 is 0 Å². The molecule has 1 atom stereocenters. The van der Waals surface area contributed by atoms with Gasteiger partial charge in [-0.1, -0.05) is 5.21 Å². The molecule has 1 aromatic rings. The molecule has 0 radical (unpaired) electrons. The standard InChI is InChI=1S/C10H18N4/c1-8-6-14-9(5-11-12-14)7-13(8)10(2,3)4/h5,8H,6-7H2,1-4H3/t8-/m1/s1. The molecule has 0 unspecified atom stereocenters. The van der Waals surface area contributed by atoms with E-state index in [1.165, 1.54) is 5.69 Å². The first kappa shape index (κ1) is 9.65. The Morgan fingerprint density at radius 2 is 2.14 bits per heavy atom. The van der Waals surface area contributed by atoms with Crippen LogP contribution >= 0.6 is 0 Å². The van der Waals surface area contributed by atoms with Crippen LogP contribution < -0.4 is 0 Å². The highest BCUT2D eigenvalue weighted by molar-refractivity contribution is 5.00. The summed E-state index contributed by atoms with van der Waals surface area (Å²) < 4.78 is 2.01. The largest absolute Gasteiger partial charge is 0.288 e. The molecule has 0 saturated carbocycles. The fourth-order valence-corrected chi connectivity index (χ4v) is 2.13. The van der Waals surface area contributed by atoms with Crippen LogP contribution in [-0.4, -0.2) is 31.5 Å². The molecule has 2 rings (SSSR count). The summed E-state index contributed by atoms with van der Waals surface area (Å²) in [6, 6.07) is 0.532. The van der Waals surface area contributed by atoms with E-state index in [9.17, 15) is 0 Å². The lowest BCUT2D eigenvalue weighted by molar-refractivity contribution is 0.0487. The van der Waals surface area contributed by atoms with Crippen molar-refractivity contribution in [2.45, 2.75) is 52.4 Å². The van der Waals surface area contributed by atoms with Gasteiger partial charge in [0.15, 0.2) is 0 Å². The second kappa shape index (κ2) is 3.05. The smallest absolute Gasteiger partial charge is 0.0738 e. The van der Waals surface area contributed by atoms with Crippen molar-refractivity contribution in [3.05, 3.63) is 11.9 Å². The second-order valence-corrected chi connectivity index (χ2v) is 5.06. The molecule has 2 heterocycles. The maximum absolute atomic E-state index is 4.06. The van der Waals surface area contributed by atoms with E-state index in [-0.39, 0.29) is 5.54 Å². The van der Waals surface area contributed by atoms with E-state index in [4.69, 9.17) is 0 Å². The molecule has 1 aromatic heterocycles. The van der Waals surface area contributed by atoms with Crippen LogP contribution in [0.5, 0.6) is 0 Å².